The minimum Gasteiger partial charge on any atom is -0.550 e. The lowest BCUT2D eigenvalue weighted by molar-refractivity contribution is -0.305. The van der Waals surface area contributed by atoms with E-state index in [9.17, 15) is 14.7 Å². The van der Waals surface area contributed by atoms with E-state index in [-0.39, 0.29) is 11.6 Å². The van der Waals surface area contributed by atoms with Crippen molar-refractivity contribution in [2.24, 2.45) is 10.2 Å². The van der Waals surface area contributed by atoms with Crippen molar-refractivity contribution in [2.45, 2.75) is 18.6 Å². The number of nitrogens with one attached hydrogen (secondary N) is 1. The Morgan fingerprint density at radius 3 is 2.88 bits per heavy atom. The van der Waals surface area contributed by atoms with Gasteiger partial charge in [0, 0.05) is 12.4 Å². The van der Waals surface area contributed by atoms with Gasteiger partial charge in [0.25, 0.3) is 0 Å². The molecule has 2 heterocycles. The maximum atomic E-state index is 11.6. The van der Waals surface area contributed by atoms with Gasteiger partial charge in [-0.3, -0.25) is 4.79 Å². The predicted octanol–water partition coefficient (Wildman–Crippen LogP) is 0.896. The lowest BCUT2D eigenvalue weighted by atomic mass is 10.3. The number of amides is 1. The van der Waals surface area contributed by atoms with Gasteiger partial charge in [0.15, 0.2) is 5.17 Å². The van der Waals surface area contributed by atoms with Gasteiger partial charge in [-0.15, -0.1) is 5.10 Å². The molecular formula is C16H13ClN5O3S-. The summed E-state index contributed by atoms with van der Waals surface area (Å²) in [5.41, 5.74) is 2.08. The quantitative estimate of drug-likeness (QED) is 0.602. The molecule has 8 nitrogen and oxygen atoms in total. The van der Waals surface area contributed by atoms with Crippen molar-refractivity contribution in [3.8, 4) is 5.69 Å². The van der Waals surface area contributed by atoms with Gasteiger partial charge in [-0.05, 0) is 19.1 Å². The molecule has 0 aliphatic carbocycles. The summed E-state index contributed by atoms with van der Waals surface area (Å²) in [4.78, 5) is 22.2. The molecule has 2 aromatic rings. The first-order valence-electron chi connectivity index (χ1n) is 7.54. The SMILES string of the molecule is Cc1nn(-c2ccccc2)c(Cl)c1/C=N\N=C1/NC(=O)[C@H](CC(=O)[O-])S1. The van der Waals surface area contributed by atoms with Crippen LogP contribution < -0.4 is 10.4 Å². The number of aliphatic carboxylic acids is 1. The van der Waals surface area contributed by atoms with E-state index in [0.717, 1.165) is 17.4 Å². The first-order valence-corrected chi connectivity index (χ1v) is 8.80. The number of aryl methyl sites for hydroxylation is 1. The first-order chi connectivity index (χ1) is 12.5. The fourth-order valence-electron chi connectivity index (χ4n) is 2.28. The van der Waals surface area contributed by atoms with Crippen molar-refractivity contribution < 1.29 is 14.7 Å². The van der Waals surface area contributed by atoms with E-state index in [1.807, 2.05) is 30.3 Å². The van der Waals surface area contributed by atoms with Crippen LogP contribution in [0.5, 0.6) is 0 Å². The molecule has 1 saturated heterocycles. The van der Waals surface area contributed by atoms with E-state index in [1.165, 1.54) is 6.21 Å². The van der Waals surface area contributed by atoms with Crippen molar-refractivity contribution in [3.05, 3.63) is 46.7 Å². The van der Waals surface area contributed by atoms with Crippen LogP contribution in [0.4, 0.5) is 0 Å². The molecule has 0 spiro atoms. The third-order valence-electron chi connectivity index (χ3n) is 3.51. The largest absolute Gasteiger partial charge is 0.550 e. The monoisotopic (exact) mass is 390 g/mol. The van der Waals surface area contributed by atoms with Crippen LogP contribution in [0.3, 0.4) is 0 Å². The summed E-state index contributed by atoms with van der Waals surface area (Å²) in [5.74, 6) is -1.72. The van der Waals surface area contributed by atoms with Gasteiger partial charge >= 0.3 is 0 Å². The van der Waals surface area contributed by atoms with Crippen LogP contribution in [0.15, 0.2) is 40.5 Å². The maximum Gasteiger partial charge on any atom is 0.239 e. The molecule has 0 radical (unpaired) electrons. The topological polar surface area (TPSA) is 112 Å². The smallest absolute Gasteiger partial charge is 0.239 e. The second kappa shape index (κ2) is 7.71. The minimum absolute atomic E-state index is 0.224. The zero-order valence-corrected chi connectivity index (χ0v) is 15.1. The molecular weight excluding hydrogens is 378 g/mol. The Morgan fingerprint density at radius 2 is 2.19 bits per heavy atom. The molecule has 0 saturated carbocycles. The van der Waals surface area contributed by atoms with Crippen molar-refractivity contribution >= 4 is 46.6 Å². The van der Waals surface area contributed by atoms with Gasteiger partial charge in [0.05, 0.1) is 28.4 Å². The van der Waals surface area contributed by atoms with Gasteiger partial charge in [-0.1, -0.05) is 41.6 Å². The molecule has 0 unspecified atom stereocenters. The number of nitrogens with zero attached hydrogens (tertiary/aromatic N) is 4. The summed E-state index contributed by atoms with van der Waals surface area (Å²) in [6, 6.07) is 9.41. The Morgan fingerprint density at radius 1 is 1.46 bits per heavy atom. The highest BCUT2D eigenvalue weighted by atomic mass is 35.5. The van der Waals surface area contributed by atoms with Gasteiger partial charge in [-0.2, -0.15) is 10.2 Å². The van der Waals surface area contributed by atoms with Crippen LogP contribution in [0, 0.1) is 6.92 Å². The molecule has 26 heavy (non-hydrogen) atoms. The number of thioether (sulfide) groups is 1. The molecule has 1 aliphatic rings. The summed E-state index contributed by atoms with van der Waals surface area (Å²) >= 11 is 7.37. The van der Waals surface area contributed by atoms with Crippen LogP contribution >= 0.6 is 23.4 Å². The number of benzene rings is 1. The van der Waals surface area contributed by atoms with Crippen molar-refractivity contribution in [2.75, 3.05) is 0 Å². The van der Waals surface area contributed by atoms with Crippen LogP contribution in [-0.4, -0.2) is 38.3 Å². The third kappa shape index (κ3) is 3.94. The maximum absolute atomic E-state index is 11.6. The number of aromatic nitrogens is 2. The molecule has 1 aromatic carbocycles. The molecule has 0 bridgehead atoms. The van der Waals surface area contributed by atoms with Crippen LogP contribution in [0.1, 0.15) is 17.7 Å². The highest BCUT2D eigenvalue weighted by molar-refractivity contribution is 8.15. The van der Waals surface area contributed by atoms with Gasteiger partial charge in [-0.25, -0.2) is 4.68 Å². The summed E-state index contributed by atoms with van der Waals surface area (Å²) in [7, 11) is 0. The zero-order chi connectivity index (χ0) is 18.7. The fraction of sp³-hybridized carbons (Fsp3) is 0.188. The normalized spacial score (nSPS) is 18.6. The van der Waals surface area contributed by atoms with Crippen LogP contribution in [0.2, 0.25) is 5.15 Å². The predicted molar refractivity (Wildman–Crippen MR) is 97.5 cm³/mol. The Hall–Kier alpha value is -2.65. The number of hydrogen-bond acceptors (Lipinski definition) is 7. The Balaban J connectivity index is 1.77. The number of halogens is 1. The van der Waals surface area contributed by atoms with Gasteiger partial charge < -0.3 is 15.2 Å². The molecule has 1 N–H and O–H groups in total. The van der Waals surface area contributed by atoms with E-state index < -0.39 is 17.1 Å². The molecule has 1 aliphatic heterocycles. The van der Waals surface area contributed by atoms with Crippen molar-refractivity contribution in [1.82, 2.24) is 15.1 Å². The summed E-state index contributed by atoms with van der Waals surface area (Å²) in [6.45, 7) is 1.79. The second-order valence-electron chi connectivity index (χ2n) is 5.36. The van der Waals surface area contributed by atoms with E-state index in [4.69, 9.17) is 11.6 Å². The highest BCUT2D eigenvalue weighted by Crippen LogP contribution is 2.23. The lowest BCUT2D eigenvalue weighted by Gasteiger charge is -2.04. The number of para-hydroxylation sites is 1. The van der Waals surface area contributed by atoms with Crippen LogP contribution in [0.25, 0.3) is 5.69 Å². The second-order valence-corrected chi connectivity index (χ2v) is 6.91. The van der Waals surface area contributed by atoms with E-state index in [2.05, 4.69) is 20.6 Å². The number of carbonyl (C=O) groups excluding carboxylic acids is 2. The van der Waals surface area contributed by atoms with E-state index >= 15 is 0 Å². The number of carboxylic acids is 1. The number of carbonyl (C=O) groups is 2. The fourth-order valence-corrected chi connectivity index (χ4v) is 3.50. The zero-order valence-electron chi connectivity index (χ0n) is 13.5. The molecule has 1 fully saturated rings. The highest BCUT2D eigenvalue weighted by Gasteiger charge is 2.30. The minimum atomic E-state index is -1.29. The lowest BCUT2D eigenvalue weighted by Crippen LogP contribution is -2.31. The van der Waals surface area contributed by atoms with Crippen LogP contribution in [-0.2, 0) is 9.59 Å². The third-order valence-corrected chi connectivity index (χ3v) is 4.95. The summed E-state index contributed by atoms with van der Waals surface area (Å²) < 4.78 is 1.59. The Labute approximate surface area is 157 Å². The molecule has 1 amide bonds. The van der Waals surface area contributed by atoms with Gasteiger partial charge in [0.1, 0.15) is 5.15 Å². The van der Waals surface area contributed by atoms with Gasteiger partial charge in [0.2, 0.25) is 5.91 Å². The Bertz CT molecular complexity index is 910. The number of rotatable bonds is 5. The molecule has 1 atom stereocenters. The summed E-state index contributed by atoms with van der Waals surface area (Å²) in [5, 5.41) is 25.1. The number of carboxylic acid groups (broad SMARTS) is 1. The molecule has 3 rings (SSSR count). The van der Waals surface area contributed by atoms with Crippen molar-refractivity contribution in [3.63, 3.8) is 0 Å². The number of amidine groups is 1. The van der Waals surface area contributed by atoms with E-state index in [1.54, 1.807) is 11.6 Å². The van der Waals surface area contributed by atoms with E-state index in [0.29, 0.717) is 16.4 Å². The average molecular weight is 391 g/mol. The molecule has 1 aromatic heterocycles. The standard InChI is InChI=1S/C16H14ClN5O3S/c1-9-11(14(17)22(21-9)10-5-3-2-4-6-10)8-18-20-16-19-15(25)12(26-16)7-13(23)24/h2-6,8,12H,7H2,1H3,(H,23,24)(H,19,20,25)/p-1/b18-8-/t12-/m0/s1. The number of hydrogen-bond donors (Lipinski definition) is 1. The average Bonchev–Trinajstić information content (AvgIpc) is 3.09. The van der Waals surface area contributed by atoms with Crippen molar-refractivity contribution in [1.29, 1.82) is 0 Å². The molecule has 10 heteroatoms. The molecule has 134 valence electrons. The first kappa shape index (κ1) is 18.2. The summed E-state index contributed by atoms with van der Waals surface area (Å²) in [6.07, 6.45) is 1.06. The Kier molecular flexibility index (Phi) is 5.38.